The number of hydrogen-bond acceptors (Lipinski definition) is 2. The van der Waals surface area contributed by atoms with Crippen LogP contribution in [-0.4, -0.2) is 38.0 Å². The van der Waals surface area contributed by atoms with Crippen molar-refractivity contribution >= 4 is 40.7 Å². The van der Waals surface area contributed by atoms with Gasteiger partial charge < -0.3 is 15.5 Å². The molecule has 1 aromatic carbocycles. The second-order valence-corrected chi connectivity index (χ2v) is 6.35. The van der Waals surface area contributed by atoms with Crippen LogP contribution in [0.25, 0.3) is 0 Å². The zero-order valence-corrected chi connectivity index (χ0v) is 15.2. The fourth-order valence-corrected chi connectivity index (χ4v) is 2.67. The standard InChI is InChI=1S/C16H23Cl2N3O2/c1-4-11(5-2)19-14(22)9-21(3)10-15(23)20-16-12(17)7-6-8-13(16)18/h6-8,11H,4-5,9-10H2,1-3H3,(H,19,22)(H,20,23)/p+1. The lowest BCUT2D eigenvalue weighted by Crippen LogP contribution is -3.11. The number of nitrogens with one attached hydrogen (secondary N) is 3. The molecular formula is C16H24Cl2N3O2+. The van der Waals surface area contributed by atoms with E-state index in [0.29, 0.717) is 15.7 Å². The van der Waals surface area contributed by atoms with Crippen molar-refractivity contribution < 1.29 is 14.5 Å². The van der Waals surface area contributed by atoms with E-state index in [0.717, 1.165) is 17.7 Å². The van der Waals surface area contributed by atoms with Crippen molar-refractivity contribution in [2.45, 2.75) is 32.7 Å². The monoisotopic (exact) mass is 360 g/mol. The molecule has 1 rings (SSSR count). The van der Waals surface area contributed by atoms with E-state index in [1.54, 1.807) is 25.2 Å². The Kier molecular flexibility index (Phi) is 8.37. The molecule has 0 aliphatic rings. The Hall–Kier alpha value is -1.30. The van der Waals surface area contributed by atoms with Crippen molar-refractivity contribution in [3.63, 3.8) is 0 Å². The van der Waals surface area contributed by atoms with E-state index >= 15 is 0 Å². The third-order valence-corrected chi connectivity index (χ3v) is 4.13. The van der Waals surface area contributed by atoms with Gasteiger partial charge in [-0.15, -0.1) is 0 Å². The van der Waals surface area contributed by atoms with Crippen LogP contribution in [0.2, 0.25) is 10.0 Å². The topological polar surface area (TPSA) is 62.6 Å². The van der Waals surface area contributed by atoms with Crippen LogP contribution in [0, 0.1) is 0 Å². The second-order valence-electron chi connectivity index (χ2n) is 5.54. The van der Waals surface area contributed by atoms with E-state index in [-0.39, 0.29) is 30.9 Å². The summed E-state index contributed by atoms with van der Waals surface area (Å²) in [4.78, 5) is 24.8. The lowest BCUT2D eigenvalue weighted by Gasteiger charge is -2.18. The van der Waals surface area contributed by atoms with E-state index < -0.39 is 0 Å². The summed E-state index contributed by atoms with van der Waals surface area (Å²) < 4.78 is 0. The molecule has 1 aromatic rings. The van der Waals surface area contributed by atoms with Crippen molar-refractivity contribution in [2.75, 3.05) is 25.5 Å². The van der Waals surface area contributed by atoms with E-state index in [1.807, 2.05) is 13.8 Å². The summed E-state index contributed by atoms with van der Waals surface area (Å²) in [5, 5.41) is 6.41. The van der Waals surface area contributed by atoms with Crippen molar-refractivity contribution in [3.8, 4) is 0 Å². The number of halogens is 2. The molecule has 0 aliphatic heterocycles. The SMILES string of the molecule is CCC(CC)NC(=O)C[NH+](C)CC(=O)Nc1c(Cl)cccc1Cl. The highest BCUT2D eigenvalue weighted by Gasteiger charge is 2.17. The first-order valence-corrected chi connectivity index (χ1v) is 8.47. The average Bonchev–Trinajstić information content (AvgIpc) is 2.48. The molecule has 3 N–H and O–H groups in total. The van der Waals surface area contributed by atoms with Crippen molar-refractivity contribution in [2.24, 2.45) is 0 Å². The molecular weight excluding hydrogens is 337 g/mol. The minimum atomic E-state index is -0.243. The van der Waals surface area contributed by atoms with Crippen molar-refractivity contribution in [1.29, 1.82) is 0 Å². The van der Waals surface area contributed by atoms with Gasteiger partial charge in [-0.05, 0) is 25.0 Å². The number of benzene rings is 1. The van der Waals surface area contributed by atoms with Gasteiger partial charge in [-0.25, -0.2) is 0 Å². The van der Waals surface area contributed by atoms with Crippen molar-refractivity contribution in [3.05, 3.63) is 28.2 Å². The van der Waals surface area contributed by atoms with Crippen LogP contribution in [0.15, 0.2) is 18.2 Å². The normalized spacial score (nSPS) is 12.1. The third-order valence-electron chi connectivity index (χ3n) is 3.50. The first-order chi connectivity index (χ1) is 10.9. The molecule has 2 amide bonds. The minimum absolute atomic E-state index is 0.0558. The minimum Gasteiger partial charge on any atom is -0.349 e. The molecule has 1 atom stereocenters. The number of rotatable bonds is 8. The summed E-state index contributed by atoms with van der Waals surface area (Å²) in [6, 6.07) is 5.21. The summed E-state index contributed by atoms with van der Waals surface area (Å²) in [6.45, 7) is 4.45. The Morgan fingerprint density at radius 1 is 1.09 bits per heavy atom. The highest BCUT2D eigenvalue weighted by atomic mass is 35.5. The second kappa shape index (κ2) is 9.75. The van der Waals surface area contributed by atoms with Crippen LogP contribution in [0.3, 0.4) is 0 Å². The first-order valence-electron chi connectivity index (χ1n) is 7.71. The smallest absolute Gasteiger partial charge is 0.279 e. The molecule has 0 aliphatic carbocycles. The van der Waals surface area contributed by atoms with Gasteiger partial charge in [-0.2, -0.15) is 0 Å². The van der Waals surface area contributed by atoms with Gasteiger partial charge >= 0.3 is 0 Å². The van der Waals surface area contributed by atoms with Crippen LogP contribution in [0.4, 0.5) is 5.69 Å². The summed E-state index contributed by atoms with van der Waals surface area (Å²) >= 11 is 12.0. The van der Waals surface area contributed by atoms with Crippen LogP contribution in [-0.2, 0) is 9.59 Å². The van der Waals surface area contributed by atoms with Crippen LogP contribution < -0.4 is 15.5 Å². The lowest BCUT2D eigenvalue weighted by atomic mass is 10.2. The molecule has 0 aromatic heterocycles. The Bertz CT molecular complexity index is 528. The molecule has 128 valence electrons. The van der Waals surface area contributed by atoms with E-state index in [2.05, 4.69) is 10.6 Å². The quantitative estimate of drug-likeness (QED) is 0.661. The fourth-order valence-electron chi connectivity index (χ4n) is 2.18. The molecule has 0 saturated heterocycles. The zero-order valence-electron chi connectivity index (χ0n) is 13.7. The molecule has 0 bridgehead atoms. The summed E-state index contributed by atoms with van der Waals surface area (Å²) in [5.41, 5.74) is 0.398. The Balaban J connectivity index is 2.49. The number of likely N-dealkylation sites (N-methyl/N-ethyl adjacent to an activating group) is 1. The maximum atomic E-state index is 12.1. The van der Waals surface area contributed by atoms with E-state index in [1.165, 1.54) is 0 Å². The molecule has 23 heavy (non-hydrogen) atoms. The Morgan fingerprint density at radius 3 is 2.13 bits per heavy atom. The summed E-state index contributed by atoms with van der Waals surface area (Å²) in [7, 11) is 1.79. The van der Waals surface area contributed by atoms with Gasteiger partial charge in [0, 0.05) is 6.04 Å². The lowest BCUT2D eigenvalue weighted by molar-refractivity contribution is -0.862. The number of hydrogen-bond donors (Lipinski definition) is 3. The van der Waals surface area contributed by atoms with Crippen molar-refractivity contribution in [1.82, 2.24) is 5.32 Å². The predicted octanol–water partition coefficient (Wildman–Crippen LogP) is 1.75. The molecule has 7 heteroatoms. The van der Waals surface area contributed by atoms with Crippen LogP contribution >= 0.6 is 23.2 Å². The number of anilines is 1. The fraction of sp³-hybridized carbons (Fsp3) is 0.500. The molecule has 1 unspecified atom stereocenters. The van der Waals surface area contributed by atoms with E-state index in [4.69, 9.17) is 23.2 Å². The third kappa shape index (κ3) is 6.77. The number of amides is 2. The predicted molar refractivity (Wildman–Crippen MR) is 94.2 cm³/mol. The Labute approximate surface area is 147 Å². The van der Waals surface area contributed by atoms with Gasteiger partial charge in [-0.3, -0.25) is 9.59 Å². The molecule has 5 nitrogen and oxygen atoms in total. The van der Waals surface area contributed by atoms with Gasteiger partial charge in [-0.1, -0.05) is 43.1 Å². The largest absolute Gasteiger partial charge is 0.349 e. The maximum Gasteiger partial charge on any atom is 0.279 e. The number of carbonyl (C=O) groups is 2. The number of para-hydroxylation sites is 1. The van der Waals surface area contributed by atoms with Gasteiger partial charge in [0.1, 0.15) is 0 Å². The highest BCUT2D eigenvalue weighted by Crippen LogP contribution is 2.29. The average molecular weight is 361 g/mol. The zero-order chi connectivity index (χ0) is 17.4. The first kappa shape index (κ1) is 19.7. The van der Waals surface area contributed by atoms with Crippen LogP contribution in [0.1, 0.15) is 26.7 Å². The van der Waals surface area contributed by atoms with Gasteiger partial charge in [0.05, 0.1) is 22.8 Å². The molecule has 0 fully saturated rings. The van der Waals surface area contributed by atoms with Gasteiger partial charge in [0.15, 0.2) is 13.1 Å². The Morgan fingerprint density at radius 2 is 1.61 bits per heavy atom. The summed E-state index contributed by atoms with van der Waals surface area (Å²) in [5.74, 6) is -0.299. The van der Waals surface area contributed by atoms with Crippen LogP contribution in [0.5, 0.6) is 0 Å². The van der Waals surface area contributed by atoms with Gasteiger partial charge in [0.25, 0.3) is 11.8 Å². The van der Waals surface area contributed by atoms with Gasteiger partial charge in [0.2, 0.25) is 0 Å². The molecule has 0 heterocycles. The number of quaternary nitrogens is 1. The molecule has 0 radical (unpaired) electrons. The number of carbonyl (C=O) groups excluding carboxylic acids is 2. The molecule has 0 saturated carbocycles. The molecule has 0 spiro atoms. The maximum absolute atomic E-state index is 12.1. The summed E-state index contributed by atoms with van der Waals surface area (Å²) in [6.07, 6.45) is 1.79. The van der Waals surface area contributed by atoms with E-state index in [9.17, 15) is 9.59 Å². The highest BCUT2D eigenvalue weighted by molar-refractivity contribution is 6.39.